The van der Waals surface area contributed by atoms with Crippen LogP contribution in [0.3, 0.4) is 0 Å². The van der Waals surface area contributed by atoms with Crippen LogP contribution < -0.4 is 0 Å². The lowest BCUT2D eigenvalue weighted by molar-refractivity contribution is -0.166. The smallest absolute Gasteiger partial charge is 0.284 e. The number of benzene rings is 1. The minimum Gasteiger partial charge on any atom is -0.284 e. The van der Waals surface area contributed by atoms with E-state index < -0.39 is 12.0 Å². The van der Waals surface area contributed by atoms with Crippen LogP contribution in [0.2, 0.25) is 0 Å². The molecule has 94 valence electrons. The van der Waals surface area contributed by atoms with Crippen LogP contribution in [0.15, 0.2) is 47.1 Å². The van der Waals surface area contributed by atoms with Crippen molar-refractivity contribution in [3.05, 3.63) is 47.7 Å². The fraction of sp³-hybridized carbons (Fsp3) is 0.167. The van der Waals surface area contributed by atoms with Gasteiger partial charge in [-0.3, -0.25) is 4.79 Å². The highest BCUT2D eigenvalue weighted by Crippen LogP contribution is 2.27. The monoisotopic (exact) mass is 271 g/mol. The Labute approximate surface area is 106 Å². The summed E-state index contributed by atoms with van der Waals surface area (Å²) < 4.78 is 36.6. The SMILES string of the molecule is O=C(C1=CN=C(c2ccccc2)SC1)C(F)(F)F. The second kappa shape index (κ2) is 4.97. The van der Waals surface area contributed by atoms with E-state index in [1.165, 1.54) is 0 Å². The number of alkyl halides is 3. The van der Waals surface area contributed by atoms with Crippen molar-refractivity contribution in [3.8, 4) is 0 Å². The Balaban J connectivity index is 2.21. The molecule has 0 saturated carbocycles. The number of rotatable bonds is 2. The fourth-order valence-corrected chi connectivity index (χ4v) is 2.33. The Morgan fingerprint density at radius 1 is 1.22 bits per heavy atom. The van der Waals surface area contributed by atoms with Crippen molar-refractivity contribution in [2.75, 3.05) is 5.75 Å². The van der Waals surface area contributed by atoms with Gasteiger partial charge in [-0.2, -0.15) is 13.2 Å². The number of thioether (sulfide) groups is 1. The van der Waals surface area contributed by atoms with Crippen molar-refractivity contribution < 1.29 is 18.0 Å². The van der Waals surface area contributed by atoms with E-state index in [4.69, 9.17) is 0 Å². The molecule has 0 bridgehead atoms. The van der Waals surface area contributed by atoms with Crippen LogP contribution >= 0.6 is 11.8 Å². The van der Waals surface area contributed by atoms with Crippen molar-refractivity contribution in [1.29, 1.82) is 0 Å². The van der Waals surface area contributed by atoms with Crippen LogP contribution in [0.25, 0.3) is 0 Å². The molecule has 1 aliphatic rings. The predicted molar refractivity (Wildman–Crippen MR) is 64.6 cm³/mol. The first kappa shape index (κ1) is 12.9. The number of ketones is 1. The van der Waals surface area contributed by atoms with Crippen LogP contribution in [0.1, 0.15) is 5.56 Å². The van der Waals surface area contributed by atoms with Crippen LogP contribution in [0.5, 0.6) is 0 Å². The molecule has 0 aromatic heterocycles. The van der Waals surface area contributed by atoms with E-state index in [0.29, 0.717) is 5.04 Å². The van der Waals surface area contributed by atoms with Crippen molar-refractivity contribution in [3.63, 3.8) is 0 Å². The van der Waals surface area contributed by atoms with Gasteiger partial charge in [0.05, 0.1) is 0 Å². The number of hydrogen-bond acceptors (Lipinski definition) is 3. The van der Waals surface area contributed by atoms with Gasteiger partial charge >= 0.3 is 6.18 Å². The lowest BCUT2D eigenvalue weighted by Crippen LogP contribution is -2.26. The zero-order valence-electron chi connectivity index (χ0n) is 9.07. The van der Waals surface area contributed by atoms with E-state index in [9.17, 15) is 18.0 Å². The zero-order chi connectivity index (χ0) is 13.2. The van der Waals surface area contributed by atoms with Crippen molar-refractivity contribution in [2.45, 2.75) is 6.18 Å². The van der Waals surface area contributed by atoms with Crippen LogP contribution in [-0.4, -0.2) is 22.8 Å². The van der Waals surface area contributed by atoms with Crippen LogP contribution in [0, 0.1) is 0 Å². The molecule has 0 aliphatic carbocycles. The van der Waals surface area contributed by atoms with Gasteiger partial charge in [0, 0.05) is 23.1 Å². The van der Waals surface area contributed by atoms with Gasteiger partial charge in [-0.1, -0.05) is 30.3 Å². The van der Waals surface area contributed by atoms with Gasteiger partial charge in [-0.25, -0.2) is 4.99 Å². The highest BCUT2D eigenvalue weighted by Gasteiger charge is 2.41. The highest BCUT2D eigenvalue weighted by atomic mass is 32.2. The Kier molecular flexibility index (Phi) is 3.56. The highest BCUT2D eigenvalue weighted by molar-refractivity contribution is 8.14. The van der Waals surface area contributed by atoms with Gasteiger partial charge < -0.3 is 0 Å². The van der Waals surface area contributed by atoms with Crippen LogP contribution in [-0.2, 0) is 4.79 Å². The summed E-state index contributed by atoms with van der Waals surface area (Å²) in [6, 6.07) is 9.11. The summed E-state index contributed by atoms with van der Waals surface area (Å²) >= 11 is 1.13. The maximum absolute atomic E-state index is 12.2. The van der Waals surface area contributed by atoms with Crippen molar-refractivity contribution in [2.24, 2.45) is 4.99 Å². The third-order valence-corrected chi connectivity index (χ3v) is 3.34. The molecule has 0 atom stereocenters. The summed E-state index contributed by atoms with van der Waals surface area (Å²) in [6.07, 6.45) is -3.82. The van der Waals surface area contributed by atoms with Crippen molar-refractivity contribution >= 4 is 22.6 Å². The normalized spacial score (nSPS) is 15.9. The largest absolute Gasteiger partial charge is 0.454 e. The summed E-state index contributed by atoms with van der Waals surface area (Å²) in [5, 5.41) is 0.620. The molecular formula is C12H8F3NOS. The molecule has 0 saturated heterocycles. The predicted octanol–water partition coefficient (Wildman–Crippen LogP) is 3.20. The van der Waals surface area contributed by atoms with E-state index in [1.54, 1.807) is 0 Å². The number of nitrogens with zero attached hydrogens (tertiary/aromatic N) is 1. The van der Waals surface area contributed by atoms with Gasteiger partial charge in [-0.05, 0) is 0 Å². The molecule has 0 unspecified atom stereocenters. The molecule has 6 heteroatoms. The molecule has 18 heavy (non-hydrogen) atoms. The average Bonchev–Trinajstić information content (AvgIpc) is 2.38. The molecular weight excluding hydrogens is 263 g/mol. The molecule has 2 rings (SSSR count). The molecule has 1 aromatic carbocycles. The van der Waals surface area contributed by atoms with Gasteiger partial charge in [0.2, 0.25) is 0 Å². The van der Waals surface area contributed by atoms with E-state index in [1.807, 2.05) is 30.3 Å². The van der Waals surface area contributed by atoms with Gasteiger partial charge in [0.1, 0.15) is 5.04 Å². The number of halogens is 3. The summed E-state index contributed by atoms with van der Waals surface area (Å²) in [5.74, 6) is -1.82. The Morgan fingerprint density at radius 3 is 2.39 bits per heavy atom. The maximum Gasteiger partial charge on any atom is 0.454 e. The van der Waals surface area contributed by atoms with E-state index in [-0.39, 0.29) is 11.3 Å². The third kappa shape index (κ3) is 2.81. The maximum atomic E-state index is 12.2. The van der Waals surface area contributed by atoms with Gasteiger partial charge in [-0.15, -0.1) is 11.8 Å². The number of carbonyl (C=O) groups is 1. The number of carbonyl (C=O) groups excluding carboxylic acids is 1. The van der Waals surface area contributed by atoms with Gasteiger partial charge in [0.25, 0.3) is 5.78 Å². The summed E-state index contributed by atoms with van der Waals surface area (Å²) in [6.45, 7) is 0. The summed E-state index contributed by atoms with van der Waals surface area (Å²) in [7, 11) is 0. The Bertz CT molecular complexity index is 520. The molecule has 1 aliphatic heterocycles. The second-order valence-electron chi connectivity index (χ2n) is 3.57. The summed E-state index contributed by atoms with van der Waals surface area (Å²) in [4.78, 5) is 14.9. The molecule has 0 amide bonds. The van der Waals surface area contributed by atoms with Gasteiger partial charge in [0.15, 0.2) is 0 Å². The summed E-state index contributed by atoms with van der Waals surface area (Å²) in [5.41, 5.74) is 0.518. The quantitative estimate of drug-likeness (QED) is 0.826. The zero-order valence-corrected chi connectivity index (χ0v) is 9.89. The lowest BCUT2D eigenvalue weighted by Gasteiger charge is -2.13. The molecule has 0 spiro atoms. The number of Topliss-reactive ketones (excluding diaryl/α,β-unsaturated/α-hetero) is 1. The standard InChI is InChI=1S/C12H8F3NOS/c13-12(14,15)10(17)9-6-16-11(18-7-9)8-4-2-1-3-5-8/h1-6H,7H2. The number of hydrogen-bond donors (Lipinski definition) is 0. The van der Waals surface area contributed by atoms with Crippen LogP contribution in [0.4, 0.5) is 13.2 Å². The van der Waals surface area contributed by atoms with E-state index >= 15 is 0 Å². The first-order valence-corrected chi connectivity index (χ1v) is 6.03. The minimum absolute atomic E-state index is 0.00787. The molecule has 2 nitrogen and oxygen atoms in total. The third-order valence-electron chi connectivity index (χ3n) is 2.27. The molecule has 0 fully saturated rings. The minimum atomic E-state index is -4.83. The van der Waals surface area contributed by atoms with E-state index in [2.05, 4.69) is 4.99 Å². The van der Waals surface area contributed by atoms with Crippen molar-refractivity contribution in [1.82, 2.24) is 0 Å². The topological polar surface area (TPSA) is 29.4 Å². The number of aliphatic imine (C=N–C) groups is 1. The lowest BCUT2D eigenvalue weighted by atomic mass is 10.2. The molecule has 0 N–H and O–H groups in total. The molecule has 1 heterocycles. The molecule has 1 aromatic rings. The Morgan fingerprint density at radius 2 is 1.89 bits per heavy atom. The first-order chi connectivity index (χ1) is 8.48. The Hall–Kier alpha value is -1.56. The molecule has 0 radical (unpaired) electrons. The first-order valence-electron chi connectivity index (χ1n) is 5.05. The van der Waals surface area contributed by atoms with E-state index in [0.717, 1.165) is 23.5 Å². The second-order valence-corrected chi connectivity index (χ2v) is 4.53. The average molecular weight is 271 g/mol. The fourth-order valence-electron chi connectivity index (χ4n) is 1.40.